The Bertz CT molecular complexity index is 1040. The lowest BCUT2D eigenvalue weighted by Gasteiger charge is -2.19. The number of nitro benzene ring substituents is 1. The maximum atomic E-state index is 13.5. The van der Waals surface area contributed by atoms with E-state index in [4.69, 9.17) is 0 Å². The standard InChI is InChI=1S/C20H18F2N4O2/c21-16-4-3-14(10-17(16)22)25-9-7-13(12-25)11-24-18-5-6-19(26(27)28)15-2-1-8-23-20(15)18/h1-6,8,10,13,24H,7,9,11-12H2. The second kappa shape index (κ2) is 7.38. The molecule has 4 rings (SSSR count). The van der Waals surface area contributed by atoms with Crippen LogP contribution in [0.1, 0.15) is 6.42 Å². The van der Waals surface area contributed by atoms with Crippen LogP contribution in [0.3, 0.4) is 0 Å². The van der Waals surface area contributed by atoms with Crippen molar-refractivity contribution in [1.29, 1.82) is 0 Å². The molecule has 3 aromatic rings. The molecule has 0 bridgehead atoms. The zero-order valence-electron chi connectivity index (χ0n) is 14.9. The van der Waals surface area contributed by atoms with Crippen LogP contribution in [0.4, 0.5) is 25.8 Å². The van der Waals surface area contributed by atoms with Crippen LogP contribution in [0, 0.1) is 27.7 Å². The summed E-state index contributed by atoms with van der Waals surface area (Å²) in [6.45, 7) is 2.14. The first kappa shape index (κ1) is 18.1. The minimum absolute atomic E-state index is 0.0269. The fourth-order valence-electron chi connectivity index (χ4n) is 3.63. The number of nitrogens with zero attached hydrogens (tertiary/aromatic N) is 3. The minimum atomic E-state index is -0.848. The Balaban J connectivity index is 1.46. The average molecular weight is 384 g/mol. The fourth-order valence-corrected chi connectivity index (χ4v) is 3.63. The number of non-ortho nitro benzene ring substituents is 1. The fraction of sp³-hybridized carbons (Fsp3) is 0.250. The molecule has 1 atom stereocenters. The Morgan fingerprint density at radius 3 is 2.86 bits per heavy atom. The first-order valence-corrected chi connectivity index (χ1v) is 8.99. The van der Waals surface area contributed by atoms with Crippen LogP contribution in [0.5, 0.6) is 0 Å². The van der Waals surface area contributed by atoms with Crippen molar-refractivity contribution in [2.24, 2.45) is 5.92 Å². The lowest BCUT2D eigenvalue weighted by atomic mass is 10.1. The lowest BCUT2D eigenvalue weighted by Crippen LogP contribution is -2.22. The van der Waals surface area contributed by atoms with Gasteiger partial charge in [-0.1, -0.05) is 0 Å². The molecule has 1 fully saturated rings. The summed E-state index contributed by atoms with van der Waals surface area (Å²) in [5, 5.41) is 15.0. The molecule has 28 heavy (non-hydrogen) atoms. The molecular formula is C20H18F2N4O2. The number of nitro groups is 1. The molecule has 1 aliphatic heterocycles. The molecule has 1 saturated heterocycles. The number of pyridine rings is 1. The summed E-state index contributed by atoms with van der Waals surface area (Å²) < 4.78 is 26.6. The van der Waals surface area contributed by atoms with Crippen LogP contribution in [-0.2, 0) is 0 Å². The Morgan fingerprint density at radius 2 is 2.07 bits per heavy atom. The summed E-state index contributed by atoms with van der Waals surface area (Å²) in [5.74, 6) is -1.39. The van der Waals surface area contributed by atoms with Crippen molar-refractivity contribution < 1.29 is 13.7 Å². The summed E-state index contributed by atoms with van der Waals surface area (Å²) in [5.41, 5.74) is 2.00. The van der Waals surface area contributed by atoms with E-state index in [1.807, 2.05) is 4.90 Å². The van der Waals surface area contributed by atoms with Crippen LogP contribution in [0.2, 0.25) is 0 Å². The van der Waals surface area contributed by atoms with E-state index in [1.54, 1.807) is 30.5 Å². The number of aromatic nitrogens is 1. The number of nitrogens with one attached hydrogen (secondary N) is 1. The molecular weight excluding hydrogens is 366 g/mol. The molecule has 1 aliphatic rings. The smallest absolute Gasteiger partial charge is 0.278 e. The monoisotopic (exact) mass is 384 g/mol. The largest absolute Gasteiger partial charge is 0.383 e. The van der Waals surface area contributed by atoms with Crippen LogP contribution < -0.4 is 10.2 Å². The van der Waals surface area contributed by atoms with Crippen LogP contribution in [0.25, 0.3) is 10.9 Å². The predicted octanol–water partition coefficient (Wildman–Crippen LogP) is 4.36. The number of hydrogen-bond acceptors (Lipinski definition) is 5. The van der Waals surface area contributed by atoms with Crippen LogP contribution in [0.15, 0.2) is 48.7 Å². The minimum Gasteiger partial charge on any atom is -0.383 e. The van der Waals surface area contributed by atoms with Crippen molar-refractivity contribution >= 4 is 28.0 Å². The zero-order valence-corrected chi connectivity index (χ0v) is 14.9. The molecule has 1 aromatic heterocycles. The van der Waals surface area contributed by atoms with Gasteiger partial charge in [0.05, 0.1) is 16.0 Å². The number of fused-ring (bicyclic) bond motifs is 1. The van der Waals surface area contributed by atoms with E-state index >= 15 is 0 Å². The molecule has 1 N–H and O–H groups in total. The Hall–Kier alpha value is -3.29. The molecule has 0 spiro atoms. The van der Waals surface area contributed by atoms with Crippen molar-refractivity contribution in [3.05, 3.63) is 70.4 Å². The highest BCUT2D eigenvalue weighted by atomic mass is 19.2. The van der Waals surface area contributed by atoms with Crippen LogP contribution in [-0.4, -0.2) is 29.5 Å². The molecule has 0 saturated carbocycles. The van der Waals surface area contributed by atoms with Crippen molar-refractivity contribution in [3.63, 3.8) is 0 Å². The van der Waals surface area contributed by atoms with Crippen molar-refractivity contribution in [2.45, 2.75) is 6.42 Å². The Labute approximate surface area is 160 Å². The van der Waals surface area contributed by atoms with E-state index in [1.165, 1.54) is 12.1 Å². The topological polar surface area (TPSA) is 71.3 Å². The van der Waals surface area contributed by atoms with Gasteiger partial charge in [0.25, 0.3) is 5.69 Å². The van der Waals surface area contributed by atoms with Gasteiger partial charge in [0.15, 0.2) is 11.6 Å². The molecule has 0 aliphatic carbocycles. The summed E-state index contributed by atoms with van der Waals surface area (Å²) in [7, 11) is 0. The number of halogens is 2. The zero-order chi connectivity index (χ0) is 19.7. The molecule has 2 aromatic carbocycles. The van der Waals surface area contributed by atoms with Gasteiger partial charge < -0.3 is 10.2 Å². The highest BCUT2D eigenvalue weighted by Gasteiger charge is 2.24. The Kier molecular flexibility index (Phi) is 4.77. The van der Waals surface area contributed by atoms with Gasteiger partial charge in [-0.2, -0.15) is 0 Å². The predicted molar refractivity (Wildman–Crippen MR) is 104 cm³/mol. The quantitative estimate of drug-likeness (QED) is 0.523. The third-order valence-corrected chi connectivity index (χ3v) is 5.08. The summed E-state index contributed by atoms with van der Waals surface area (Å²) in [6.07, 6.45) is 2.52. The molecule has 0 radical (unpaired) electrons. The normalized spacial score (nSPS) is 16.5. The van der Waals surface area contributed by atoms with E-state index in [-0.39, 0.29) is 5.69 Å². The van der Waals surface area contributed by atoms with E-state index in [2.05, 4.69) is 10.3 Å². The molecule has 144 valence electrons. The first-order chi connectivity index (χ1) is 13.5. The van der Waals surface area contributed by atoms with Gasteiger partial charge in [-0.15, -0.1) is 0 Å². The highest BCUT2D eigenvalue weighted by molar-refractivity contribution is 5.96. The second-order valence-electron chi connectivity index (χ2n) is 6.87. The van der Waals surface area contributed by atoms with Crippen LogP contribution >= 0.6 is 0 Å². The molecule has 0 amide bonds. The van der Waals surface area contributed by atoms with E-state index in [9.17, 15) is 18.9 Å². The SMILES string of the molecule is O=[N+]([O-])c1ccc(NCC2CCN(c3ccc(F)c(F)c3)C2)c2ncccc12. The van der Waals surface area contributed by atoms with Gasteiger partial charge >= 0.3 is 0 Å². The lowest BCUT2D eigenvalue weighted by molar-refractivity contribution is -0.383. The average Bonchev–Trinajstić information content (AvgIpc) is 3.17. The number of hydrogen-bond donors (Lipinski definition) is 1. The Morgan fingerprint density at radius 1 is 1.21 bits per heavy atom. The highest BCUT2D eigenvalue weighted by Crippen LogP contribution is 2.31. The number of rotatable bonds is 5. The van der Waals surface area contributed by atoms with Crippen molar-refractivity contribution in [2.75, 3.05) is 29.9 Å². The number of anilines is 2. The van der Waals surface area contributed by atoms with E-state index in [0.717, 1.165) is 31.3 Å². The third-order valence-electron chi connectivity index (χ3n) is 5.08. The van der Waals surface area contributed by atoms with Gasteiger partial charge in [-0.05, 0) is 42.7 Å². The van der Waals surface area contributed by atoms with Crippen molar-refractivity contribution in [1.82, 2.24) is 4.98 Å². The number of benzene rings is 2. The summed E-state index contributed by atoms with van der Waals surface area (Å²) >= 11 is 0. The maximum Gasteiger partial charge on any atom is 0.278 e. The summed E-state index contributed by atoms with van der Waals surface area (Å²) in [6, 6.07) is 10.5. The first-order valence-electron chi connectivity index (χ1n) is 8.99. The molecule has 6 nitrogen and oxygen atoms in total. The molecule has 1 unspecified atom stereocenters. The van der Waals surface area contributed by atoms with Gasteiger partial charge in [0.2, 0.25) is 0 Å². The van der Waals surface area contributed by atoms with Gasteiger partial charge in [0, 0.05) is 43.7 Å². The maximum absolute atomic E-state index is 13.5. The molecule has 2 heterocycles. The van der Waals surface area contributed by atoms with E-state index in [0.29, 0.717) is 29.1 Å². The van der Waals surface area contributed by atoms with Gasteiger partial charge in [-0.25, -0.2) is 8.78 Å². The third kappa shape index (κ3) is 3.45. The van der Waals surface area contributed by atoms with Crippen molar-refractivity contribution in [3.8, 4) is 0 Å². The van der Waals surface area contributed by atoms with E-state index < -0.39 is 16.6 Å². The van der Waals surface area contributed by atoms with Gasteiger partial charge in [0.1, 0.15) is 5.52 Å². The second-order valence-corrected chi connectivity index (χ2v) is 6.87. The summed E-state index contributed by atoms with van der Waals surface area (Å²) in [4.78, 5) is 17.1. The van der Waals surface area contributed by atoms with Gasteiger partial charge in [-0.3, -0.25) is 15.1 Å². The molecule has 8 heteroatoms.